The number of ether oxygens (including phenoxy) is 1. The van der Waals surface area contributed by atoms with Crippen LogP contribution in [0.25, 0.3) is 0 Å². The first-order valence-electron chi connectivity index (χ1n) is 8.98. The van der Waals surface area contributed by atoms with Gasteiger partial charge in [0.15, 0.2) is 0 Å². The van der Waals surface area contributed by atoms with Crippen LogP contribution < -0.4 is 10.2 Å². The molecular weight excluding hydrogens is 356 g/mol. The minimum absolute atomic E-state index is 0.0321. The van der Waals surface area contributed by atoms with Gasteiger partial charge in [-0.25, -0.2) is 4.79 Å². The summed E-state index contributed by atoms with van der Waals surface area (Å²) < 4.78 is 4.66. The van der Waals surface area contributed by atoms with Crippen molar-refractivity contribution in [1.29, 1.82) is 0 Å². The zero-order valence-electron chi connectivity index (χ0n) is 16.9. The number of nitrogens with one attached hydrogen (secondary N) is 1. The lowest BCUT2D eigenvalue weighted by Gasteiger charge is -2.21. The number of amides is 2. The van der Waals surface area contributed by atoms with Crippen molar-refractivity contribution in [2.75, 3.05) is 23.9 Å². The molecule has 2 aromatic rings. The Morgan fingerprint density at radius 2 is 1.54 bits per heavy atom. The summed E-state index contributed by atoms with van der Waals surface area (Å²) in [6.45, 7) is 7.62. The molecule has 0 saturated heterocycles. The van der Waals surface area contributed by atoms with Crippen molar-refractivity contribution < 1.29 is 19.1 Å². The molecule has 0 heterocycles. The van der Waals surface area contributed by atoms with Gasteiger partial charge in [-0.05, 0) is 47.4 Å². The molecule has 0 radical (unpaired) electrons. The highest BCUT2D eigenvalue weighted by molar-refractivity contribution is 6.02. The van der Waals surface area contributed by atoms with E-state index >= 15 is 0 Å². The molecular formula is C22H26N2O4. The number of carbonyl (C=O) groups excluding carboxylic acids is 3. The third kappa shape index (κ3) is 5.42. The molecule has 0 aliphatic heterocycles. The summed E-state index contributed by atoms with van der Waals surface area (Å²) in [5.41, 5.74) is 2.77. The quantitative estimate of drug-likeness (QED) is 0.799. The second-order valence-electron chi connectivity index (χ2n) is 7.52. The van der Waals surface area contributed by atoms with Crippen molar-refractivity contribution in [3.05, 3.63) is 59.7 Å². The summed E-state index contributed by atoms with van der Waals surface area (Å²) in [6, 6.07) is 14.0. The van der Waals surface area contributed by atoms with Gasteiger partial charge < -0.3 is 15.0 Å². The second kappa shape index (κ2) is 8.69. The van der Waals surface area contributed by atoms with E-state index in [0.29, 0.717) is 16.9 Å². The third-order valence-corrected chi connectivity index (χ3v) is 4.32. The Bertz CT molecular complexity index is 850. The van der Waals surface area contributed by atoms with Crippen LogP contribution in [0.5, 0.6) is 0 Å². The van der Waals surface area contributed by atoms with Crippen LogP contribution in [0, 0.1) is 0 Å². The predicted octanol–water partition coefficient (Wildman–Crippen LogP) is 3.76. The fourth-order valence-electron chi connectivity index (χ4n) is 2.68. The number of hydrogen-bond donors (Lipinski definition) is 1. The molecule has 0 fully saturated rings. The molecule has 1 N–H and O–H groups in total. The predicted molar refractivity (Wildman–Crippen MR) is 110 cm³/mol. The topological polar surface area (TPSA) is 75.7 Å². The molecule has 2 rings (SSSR count). The van der Waals surface area contributed by atoms with E-state index in [1.165, 1.54) is 24.5 Å². The molecule has 0 bridgehead atoms. The number of nitrogens with zero attached hydrogens (tertiary/aromatic N) is 1. The smallest absolute Gasteiger partial charge is 0.337 e. The van der Waals surface area contributed by atoms with E-state index in [0.717, 1.165) is 0 Å². The Morgan fingerprint density at radius 1 is 0.964 bits per heavy atom. The number of rotatable bonds is 5. The largest absolute Gasteiger partial charge is 0.465 e. The van der Waals surface area contributed by atoms with Crippen molar-refractivity contribution in [2.24, 2.45) is 0 Å². The van der Waals surface area contributed by atoms with Gasteiger partial charge in [0.2, 0.25) is 11.8 Å². The van der Waals surface area contributed by atoms with Crippen LogP contribution in [0.4, 0.5) is 11.4 Å². The van der Waals surface area contributed by atoms with Crippen LogP contribution in [0.3, 0.4) is 0 Å². The van der Waals surface area contributed by atoms with E-state index < -0.39 is 5.97 Å². The van der Waals surface area contributed by atoms with Crippen molar-refractivity contribution in [2.45, 2.75) is 33.1 Å². The zero-order chi connectivity index (χ0) is 20.9. The Hall–Kier alpha value is -3.15. The van der Waals surface area contributed by atoms with E-state index in [9.17, 15) is 14.4 Å². The van der Waals surface area contributed by atoms with E-state index in [4.69, 9.17) is 0 Å². The molecule has 6 nitrogen and oxygen atoms in total. The van der Waals surface area contributed by atoms with E-state index in [-0.39, 0.29) is 23.8 Å². The third-order valence-electron chi connectivity index (χ3n) is 4.32. The Balaban J connectivity index is 2.08. The van der Waals surface area contributed by atoms with Crippen molar-refractivity contribution >= 4 is 29.2 Å². The first-order valence-corrected chi connectivity index (χ1v) is 8.98. The molecule has 0 unspecified atom stereocenters. The van der Waals surface area contributed by atoms with Crippen LogP contribution in [0.1, 0.15) is 43.6 Å². The van der Waals surface area contributed by atoms with E-state index in [1.807, 2.05) is 24.3 Å². The normalized spacial score (nSPS) is 10.9. The molecule has 2 aromatic carbocycles. The summed E-state index contributed by atoms with van der Waals surface area (Å²) in [5, 5.41) is 2.81. The second-order valence-corrected chi connectivity index (χ2v) is 7.52. The Kier molecular flexibility index (Phi) is 6.57. The Morgan fingerprint density at radius 3 is 2.00 bits per heavy atom. The number of methoxy groups -OCH3 is 1. The maximum Gasteiger partial charge on any atom is 0.337 e. The fourth-order valence-corrected chi connectivity index (χ4v) is 2.68. The lowest BCUT2D eigenvalue weighted by molar-refractivity contribution is -0.120. The van der Waals surface area contributed by atoms with Gasteiger partial charge in [-0.1, -0.05) is 32.9 Å². The van der Waals surface area contributed by atoms with Crippen LogP contribution in [-0.4, -0.2) is 31.4 Å². The molecule has 0 aromatic heterocycles. The fraction of sp³-hybridized carbons (Fsp3) is 0.318. The first kappa shape index (κ1) is 21.2. The van der Waals surface area contributed by atoms with Gasteiger partial charge in [-0.3, -0.25) is 9.59 Å². The molecule has 2 amide bonds. The monoisotopic (exact) mass is 382 g/mol. The average Bonchev–Trinajstić information content (AvgIpc) is 2.65. The van der Waals surface area contributed by atoms with Crippen LogP contribution >= 0.6 is 0 Å². The number of hydrogen-bond acceptors (Lipinski definition) is 4. The maximum absolute atomic E-state index is 12.4. The van der Waals surface area contributed by atoms with Crippen molar-refractivity contribution in [3.63, 3.8) is 0 Å². The standard InChI is InChI=1S/C22H26N2O4/c1-15(25)24(19-12-6-16(7-13-19)21(27)28-5)14-20(26)23-18-10-8-17(9-11-18)22(2,3)4/h6-13H,14H2,1-5H3,(H,23,26). The Labute approximate surface area is 165 Å². The first-order chi connectivity index (χ1) is 13.1. The number of carbonyl (C=O) groups is 3. The number of esters is 1. The average molecular weight is 382 g/mol. The van der Waals surface area contributed by atoms with E-state index in [1.54, 1.807) is 24.3 Å². The summed E-state index contributed by atoms with van der Waals surface area (Å²) in [5.74, 6) is -1.04. The number of benzene rings is 2. The zero-order valence-corrected chi connectivity index (χ0v) is 16.9. The minimum atomic E-state index is -0.461. The highest BCUT2D eigenvalue weighted by atomic mass is 16.5. The van der Waals surface area contributed by atoms with Gasteiger partial charge in [-0.2, -0.15) is 0 Å². The summed E-state index contributed by atoms with van der Waals surface area (Å²) in [4.78, 5) is 37.3. The van der Waals surface area contributed by atoms with Gasteiger partial charge in [-0.15, -0.1) is 0 Å². The molecule has 0 spiro atoms. The van der Waals surface area contributed by atoms with Gasteiger partial charge in [0.25, 0.3) is 0 Å². The van der Waals surface area contributed by atoms with Crippen molar-refractivity contribution in [3.8, 4) is 0 Å². The lowest BCUT2D eigenvalue weighted by Crippen LogP contribution is -2.36. The molecule has 0 atom stereocenters. The van der Waals surface area contributed by atoms with Crippen molar-refractivity contribution in [1.82, 2.24) is 0 Å². The van der Waals surface area contributed by atoms with Gasteiger partial charge in [0, 0.05) is 18.3 Å². The van der Waals surface area contributed by atoms with Crippen LogP contribution in [-0.2, 0) is 19.7 Å². The molecule has 28 heavy (non-hydrogen) atoms. The summed E-state index contributed by atoms with van der Waals surface area (Å²) >= 11 is 0. The van der Waals surface area contributed by atoms with Gasteiger partial charge in [0.05, 0.1) is 12.7 Å². The summed E-state index contributed by atoms with van der Waals surface area (Å²) in [6.07, 6.45) is 0. The minimum Gasteiger partial charge on any atom is -0.465 e. The summed E-state index contributed by atoms with van der Waals surface area (Å²) in [7, 11) is 1.30. The van der Waals surface area contributed by atoms with Gasteiger partial charge >= 0.3 is 5.97 Å². The van der Waals surface area contributed by atoms with Crippen LogP contribution in [0.2, 0.25) is 0 Å². The molecule has 148 valence electrons. The lowest BCUT2D eigenvalue weighted by atomic mass is 9.87. The molecule has 0 aliphatic carbocycles. The molecule has 0 saturated carbocycles. The highest BCUT2D eigenvalue weighted by Crippen LogP contribution is 2.23. The van der Waals surface area contributed by atoms with Gasteiger partial charge in [0.1, 0.15) is 6.54 Å². The highest BCUT2D eigenvalue weighted by Gasteiger charge is 2.17. The van der Waals surface area contributed by atoms with E-state index in [2.05, 4.69) is 30.8 Å². The maximum atomic E-state index is 12.4. The number of anilines is 2. The molecule has 6 heteroatoms. The molecule has 0 aliphatic rings. The SMILES string of the molecule is COC(=O)c1ccc(N(CC(=O)Nc2ccc(C(C)(C)C)cc2)C(C)=O)cc1. The van der Waals surface area contributed by atoms with Crippen LogP contribution in [0.15, 0.2) is 48.5 Å².